The molecule has 0 atom stereocenters. The molecule has 4 nitrogen and oxygen atoms in total. The molecule has 0 fully saturated rings. The van der Waals surface area contributed by atoms with Gasteiger partial charge in [0.1, 0.15) is 0 Å². The van der Waals surface area contributed by atoms with Gasteiger partial charge in [0.15, 0.2) is 0 Å². The van der Waals surface area contributed by atoms with Gasteiger partial charge in [-0.2, -0.15) is 0 Å². The zero-order valence-electron chi connectivity index (χ0n) is 8.71. The SMILES string of the molecule is C/C(=C/C(=N)c1cccc(NO)c1)C(=N)Br. The van der Waals surface area contributed by atoms with E-state index in [0.29, 0.717) is 22.5 Å². The van der Waals surface area contributed by atoms with Gasteiger partial charge in [-0.05, 0) is 46.6 Å². The molecule has 5 heteroatoms. The highest BCUT2D eigenvalue weighted by Gasteiger charge is 2.01. The molecule has 0 saturated carbocycles. The smallest absolute Gasteiger partial charge is 0.0996 e. The van der Waals surface area contributed by atoms with E-state index in [1.165, 1.54) is 0 Å². The molecular weight excluding hydrogens is 270 g/mol. The Morgan fingerprint density at radius 3 is 2.69 bits per heavy atom. The van der Waals surface area contributed by atoms with E-state index in [2.05, 4.69) is 15.9 Å². The third-order valence-corrected chi connectivity index (χ3v) is 2.64. The zero-order valence-corrected chi connectivity index (χ0v) is 10.3. The fourth-order valence-electron chi connectivity index (χ4n) is 1.12. The minimum Gasteiger partial charge on any atom is -0.300 e. The number of rotatable bonds is 4. The average Bonchev–Trinajstić information content (AvgIpc) is 2.28. The van der Waals surface area contributed by atoms with Crippen molar-refractivity contribution in [1.29, 1.82) is 10.8 Å². The lowest BCUT2D eigenvalue weighted by molar-refractivity contribution is 0.389. The van der Waals surface area contributed by atoms with Crippen LogP contribution in [-0.4, -0.2) is 15.5 Å². The molecule has 1 aromatic rings. The lowest BCUT2D eigenvalue weighted by atomic mass is 10.1. The first-order chi connectivity index (χ1) is 7.54. The van der Waals surface area contributed by atoms with E-state index >= 15 is 0 Å². The van der Waals surface area contributed by atoms with Crippen molar-refractivity contribution in [1.82, 2.24) is 0 Å². The standard InChI is InChI=1S/C11H12BrN3O/c1-7(11(12)14)5-10(13)8-3-2-4-9(6-8)15-16/h2-6,13-16H,1H3/b7-5-,13-10?,14-11?. The summed E-state index contributed by atoms with van der Waals surface area (Å²) < 4.78 is 0.258. The van der Waals surface area contributed by atoms with Crippen LogP contribution in [0.4, 0.5) is 5.69 Å². The predicted molar refractivity (Wildman–Crippen MR) is 69.1 cm³/mol. The Morgan fingerprint density at radius 1 is 1.44 bits per heavy atom. The van der Waals surface area contributed by atoms with Crippen molar-refractivity contribution >= 4 is 31.9 Å². The molecule has 0 unspecified atom stereocenters. The van der Waals surface area contributed by atoms with Crippen LogP contribution < -0.4 is 5.48 Å². The summed E-state index contributed by atoms with van der Waals surface area (Å²) in [7, 11) is 0. The van der Waals surface area contributed by atoms with E-state index in [9.17, 15) is 0 Å². The van der Waals surface area contributed by atoms with Crippen LogP contribution in [0.25, 0.3) is 0 Å². The van der Waals surface area contributed by atoms with Crippen LogP contribution >= 0.6 is 15.9 Å². The van der Waals surface area contributed by atoms with Gasteiger partial charge >= 0.3 is 0 Å². The number of hydrogen-bond donors (Lipinski definition) is 4. The van der Waals surface area contributed by atoms with Crippen molar-refractivity contribution in [2.75, 3.05) is 5.48 Å². The highest BCUT2D eigenvalue weighted by Crippen LogP contribution is 2.12. The molecule has 4 N–H and O–H groups in total. The van der Waals surface area contributed by atoms with Crippen LogP contribution in [0, 0.1) is 10.8 Å². The third kappa shape index (κ3) is 3.29. The van der Waals surface area contributed by atoms with Gasteiger partial charge < -0.3 is 5.41 Å². The van der Waals surface area contributed by atoms with Gasteiger partial charge in [-0.3, -0.25) is 16.1 Å². The lowest BCUT2D eigenvalue weighted by Crippen LogP contribution is -1.99. The maximum absolute atomic E-state index is 8.74. The molecule has 0 saturated heterocycles. The molecule has 0 bridgehead atoms. The molecule has 0 amide bonds. The molecule has 0 aliphatic heterocycles. The minimum atomic E-state index is 0.258. The van der Waals surface area contributed by atoms with E-state index in [1.807, 2.05) is 5.48 Å². The molecule has 16 heavy (non-hydrogen) atoms. The van der Waals surface area contributed by atoms with Gasteiger partial charge in [0.2, 0.25) is 0 Å². The molecule has 1 aromatic carbocycles. The Kier molecular flexibility index (Phi) is 4.39. The number of halogens is 1. The number of nitrogens with one attached hydrogen (secondary N) is 3. The topological polar surface area (TPSA) is 80.0 Å². The minimum absolute atomic E-state index is 0.258. The van der Waals surface area contributed by atoms with Crippen molar-refractivity contribution in [3.63, 3.8) is 0 Å². The summed E-state index contributed by atoms with van der Waals surface area (Å²) in [5, 5.41) is 23.9. The summed E-state index contributed by atoms with van der Waals surface area (Å²) in [5.41, 5.74) is 4.20. The molecule has 0 aliphatic rings. The van der Waals surface area contributed by atoms with E-state index < -0.39 is 0 Å². The van der Waals surface area contributed by atoms with E-state index in [-0.39, 0.29) is 4.62 Å². The fraction of sp³-hybridized carbons (Fsp3) is 0.0909. The summed E-state index contributed by atoms with van der Waals surface area (Å²) in [6.45, 7) is 1.75. The van der Waals surface area contributed by atoms with Gasteiger partial charge in [-0.25, -0.2) is 0 Å². The highest BCUT2D eigenvalue weighted by atomic mass is 79.9. The van der Waals surface area contributed by atoms with Crippen LogP contribution in [0.5, 0.6) is 0 Å². The number of anilines is 1. The first-order valence-corrected chi connectivity index (χ1v) is 5.35. The van der Waals surface area contributed by atoms with Crippen LogP contribution in [0.2, 0.25) is 0 Å². The molecule has 0 heterocycles. The summed E-state index contributed by atoms with van der Waals surface area (Å²) >= 11 is 3.03. The van der Waals surface area contributed by atoms with Crippen LogP contribution in [-0.2, 0) is 0 Å². The van der Waals surface area contributed by atoms with E-state index in [1.54, 1.807) is 37.3 Å². The van der Waals surface area contributed by atoms with Gasteiger partial charge in [0.25, 0.3) is 0 Å². The molecule has 0 spiro atoms. The molecule has 0 aliphatic carbocycles. The zero-order chi connectivity index (χ0) is 12.1. The quantitative estimate of drug-likeness (QED) is 0.505. The molecular formula is C11H12BrN3O. The van der Waals surface area contributed by atoms with Crippen molar-refractivity contribution in [3.05, 3.63) is 41.5 Å². The van der Waals surface area contributed by atoms with Gasteiger partial charge in [-0.15, -0.1) is 0 Å². The first-order valence-electron chi connectivity index (χ1n) is 4.56. The van der Waals surface area contributed by atoms with Gasteiger partial charge in [0.05, 0.1) is 16.0 Å². The Hall–Kier alpha value is -1.46. The second-order valence-electron chi connectivity index (χ2n) is 3.25. The van der Waals surface area contributed by atoms with E-state index in [0.717, 1.165) is 0 Å². The maximum Gasteiger partial charge on any atom is 0.0996 e. The lowest BCUT2D eigenvalue weighted by Gasteiger charge is -2.03. The molecule has 84 valence electrons. The summed E-state index contributed by atoms with van der Waals surface area (Å²) in [5.74, 6) is 0. The highest BCUT2D eigenvalue weighted by molar-refractivity contribution is 9.18. The Morgan fingerprint density at radius 2 is 2.12 bits per heavy atom. The van der Waals surface area contributed by atoms with Crippen molar-refractivity contribution in [2.24, 2.45) is 0 Å². The largest absolute Gasteiger partial charge is 0.300 e. The first kappa shape index (κ1) is 12.6. The van der Waals surface area contributed by atoms with Crippen LogP contribution in [0.3, 0.4) is 0 Å². The molecule has 0 radical (unpaired) electrons. The van der Waals surface area contributed by atoms with Crippen molar-refractivity contribution < 1.29 is 5.21 Å². The molecule has 1 rings (SSSR count). The Balaban J connectivity index is 2.97. The number of hydrogen-bond acceptors (Lipinski definition) is 4. The predicted octanol–water partition coefficient (Wildman–Crippen LogP) is 3.17. The van der Waals surface area contributed by atoms with Crippen molar-refractivity contribution in [3.8, 4) is 0 Å². The monoisotopic (exact) mass is 281 g/mol. The summed E-state index contributed by atoms with van der Waals surface area (Å²) in [4.78, 5) is 0. The van der Waals surface area contributed by atoms with Crippen molar-refractivity contribution in [2.45, 2.75) is 6.92 Å². The summed E-state index contributed by atoms with van der Waals surface area (Å²) in [6, 6.07) is 6.86. The van der Waals surface area contributed by atoms with Gasteiger partial charge in [-0.1, -0.05) is 12.1 Å². The Labute approximate surface area is 102 Å². The van der Waals surface area contributed by atoms with Crippen LogP contribution in [0.15, 0.2) is 35.9 Å². The average molecular weight is 282 g/mol. The summed E-state index contributed by atoms with van der Waals surface area (Å²) in [6.07, 6.45) is 1.59. The second-order valence-corrected chi connectivity index (χ2v) is 4.04. The maximum atomic E-state index is 8.74. The van der Waals surface area contributed by atoms with Crippen LogP contribution in [0.1, 0.15) is 12.5 Å². The van der Waals surface area contributed by atoms with Gasteiger partial charge in [0, 0.05) is 5.56 Å². The number of allylic oxidation sites excluding steroid dienone is 2. The number of benzene rings is 1. The third-order valence-electron chi connectivity index (χ3n) is 2.01. The van der Waals surface area contributed by atoms with E-state index in [4.69, 9.17) is 16.0 Å². The Bertz CT molecular complexity index is 454. The second kappa shape index (κ2) is 5.58. The fourth-order valence-corrected chi connectivity index (χ4v) is 1.23. The molecule has 0 aromatic heterocycles. The normalized spacial score (nSPS) is 11.1.